The normalized spacial score (nSPS) is 15.7. The van der Waals surface area contributed by atoms with Crippen LogP contribution in [0.5, 0.6) is 0 Å². The minimum Gasteiger partial charge on any atom is -0.218 e. The quantitative estimate of drug-likeness (QED) is 0.387. The Hall–Kier alpha value is -0.430. The van der Waals surface area contributed by atoms with Gasteiger partial charge in [0.05, 0.1) is 0 Å². The number of hydrogen-bond donors (Lipinski definition) is 0. The van der Waals surface area contributed by atoms with Gasteiger partial charge in [-0.2, -0.15) is 0 Å². The first-order valence-corrected chi connectivity index (χ1v) is 12.1. The third-order valence-electron chi connectivity index (χ3n) is 5.67. The first-order valence-electron chi connectivity index (χ1n) is 9.61. The van der Waals surface area contributed by atoms with E-state index in [0.29, 0.717) is 5.41 Å². The average Bonchev–Trinajstić information content (AvgIpc) is 2.52. The van der Waals surface area contributed by atoms with E-state index in [1.165, 1.54) is 44.9 Å². The smallest absolute Gasteiger partial charge is 0.00639 e. The molecule has 1 atom stereocenters. The molecule has 0 aliphatic heterocycles. The van der Waals surface area contributed by atoms with Crippen LogP contribution in [-0.4, -0.2) is 17.8 Å². The van der Waals surface area contributed by atoms with Gasteiger partial charge in [-0.25, -0.2) is 10.0 Å². The van der Waals surface area contributed by atoms with Gasteiger partial charge in [-0.15, -0.1) is 0 Å². The molecule has 0 saturated heterocycles. The molecule has 0 heterocycles. The number of hydrogen-bond acceptors (Lipinski definition) is 0. The van der Waals surface area contributed by atoms with Gasteiger partial charge in [-0.3, -0.25) is 0 Å². The summed E-state index contributed by atoms with van der Waals surface area (Å²) in [6.45, 7) is 12.0. The maximum absolute atomic E-state index is 2.52. The molecule has 0 N–H and O–H groups in total. The van der Waals surface area contributed by atoms with E-state index < -0.39 is 10.0 Å². The van der Waals surface area contributed by atoms with E-state index in [2.05, 4.69) is 71.4 Å². The van der Waals surface area contributed by atoms with Crippen molar-refractivity contribution >= 4 is 10.0 Å². The summed E-state index contributed by atoms with van der Waals surface area (Å²) in [5, 5.41) is 0.731. The van der Waals surface area contributed by atoms with E-state index in [0.717, 1.165) is 5.25 Å². The van der Waals surface area contributed by atoms with Gasteiger partial charge in [-0.05, 0) is 52.5 Å². The molecule has 0 nitrogen and oxygen atoms in total. The predicted octanol–water partition coefficient (Wildman–Crippen LogP) is 7.55. The Morgan fingerprint density at radius 2 is 1.57 bits per heavy atom. The number of rotatable bonds is 10. The van der Waals surface area contributed by atoms with Crippen molar-refractivity contribution in [3.8, 4) is 0 Å². The Kier molecular flexibility index (Phi) is 8.21. The molecule has 0 fully saturated rings. The molecule has 0 spiro atoms. The molecule has 0 bridgehead atoms. The SMILES string of the molecule is CCCCCCC(C)(CCC)c1ccccc1S(C)(C)C(C)C. The summed E-state index contributed by atoms with van der Waals surface area (Å²) in [5.41, 5.74) is 1.99. The van der Waals surface area contributed by atoms with Crippen LogP contribution in [-0.2, 0) is 5.41 Å². The minimum absolute atomic E-state index is 0.345. The summed E-state index contributed by atoms with van der Waals surface area (Å²) >= 11 is 0. The van der Waals surface area contributed by atoms with E-state index in [1.54, 1.807) is 10.5 Å². The second kappa shape index (κ2) is 9.16. The van der Waals surface area contributed by atoms with Crippen LogP contribution in [0.4, 0.5) is 0 Å². The van der Waals surface area contributed by atoms with Crippen LogP contribution in [0.25, 0.3) is 0 Å². The van der Waals surface area contributed by atoms with Crippen LogP contribution in [0.15, 0.2) is 29.2 Å². The highest BCUT2D eigenvalue weighted by molar-refractivity contribution is 8.33. The summed E-state index contributed by atoms with van der Waals surface area (Å²) in [6.07, 6.45) is 14.4. The summed E-state index contributed by atoms with van der Waals surface area (Å²) in [5.74, 6) is 0. The van der Waals surface area contributed by atoms with Crippen LogP contribution in [0.3, 0.4) is 0 Å². The van der Waals surface area contributed by atoms with E-state index in [9.17, 15) is 0 Å². The lowest BCUT2D eigenvalue weighted by Gasteiger charge is -2.42. The third-order valence-corrected chi connectivity index (χ3v) is 9.51. The van der Waals surface area contributed by atoms with Gasteiger partial charge in [0.2, 0.25) is 0 Å². The van der Waals surface area contributed by atoms with E-state index in [-0.39, 0.29) is 0 Å². The number of benzene rings is 1. The van der Waals surface area contributed by atoms with Gasteiger partial charge in [-0.1, -0.05) is 84.9 Å². The fraction of sp³-hybridized carbons (Fsp3) is 0.727. The van der Waals surface area contributed by atoms with Crippen molar-refractivity contribution in [2.45, 2.75) is 95.1 Å². The highest BCUT2D eigenvalue weighted by Crippen LogP contribution is 2.57. The van der Waals surface area contributed by atoms with Gasteiger partial charge in [0.25, 0.3) is 0 Å². The molecular formula is C22H40S. The predicted molar refractivity (Wildman–Crippen MR) is 110 cm³/mol. The Bertz CT molecular complexity index is 461. The zero-order valence-corrected chi connectivity index (χ0v) is 17.6. The fourth-order valence-corrected chi connectivity index (χ4v) is 5.38. The first-order chi connectivity index (χ1) is 10.8. The monoisotopic (exact) mass is 336 g/mol. The lowest BCUT2D eigenvalue weighted by atomic mass is 9.74. The van der Waals surface area contributed by atoms with Crippen molar-refractivity contribution < 1.29 is 0 Å². The molecule has 1 heteroatoms. The zero-order valence-electron chi connectivity index (χ0n) is 16.7. The van der Waals surface area contributed by atoms with Crippen molar-refractivity contribution in [1.82, 2.24) is 0 Å². The molecule has 1 rings (SSSR count). The summed E-state index contributed by atoms with van der Waals surface area (Å²) in [6, 6.07) is 9.36. The Labute approximate surface area is 147 Å². The minimum atomic E-state index is -0.744. The fourth-order valence-electron chi connectivity index (χ4n) is 3.57. The molecule has 0 saturated carbocycles. The second-order valence-electron chi connectivity index (χ2n) is 8.07. The molecule has 23 heavy (non-hydrogen) atoms. The standard InChI is InChI=1S/C22H40S/c1-8-10-11-14-18-22(5,17-9-2)20-15-12-13-16-21(20)23(6,7)19(3)4/h12-13,15-16,19H,8-11,14,17-18H2,1-7H3. The Morgan fingerprint density at radius 1 is 0.913 bits per heavy atom. The lowest BCUT2D eigenvalue weighted by molar-refractivity contribution is 0.371. The highest BCUT2D eigenvalue weighted by Gasteiger charge is 2.31. The molecular weight excluding hydrogens is 296 g/mol. The van der Waals surface area contributed by atoms with Gasteiger partial charge < -0.3 is 0 Å². The van der Waals surface area contributed by atoms with Gasteiger partial charge >= 0.3 is 0 Å². The molecule has 1 aromatic carbocycles. The molecule has 0 amide bonds. The van der Waals surface area contributed by atoms with Crippen molar-refractivity contribution in [2.75, 3.05) is 12.5 Å². The third kappa shape index (κ3) is 5.28. The van der Waals surface area contributed by atoms with E-state index >= 15 is 0 Å². The van der Waals surface area contributed by atoms with Crippen molar-refractivity contribution in [2.24, 2.45) is 0 Å². The second-order valence-corrected chi connectivity index (χ2v) is 12.3. The summed E-state index contributed by atoms with van der Waals surface area (Å²) in [7, 11) is -0.744. The number of unbranched alkanes of at least 4 members (excludes halogenated alkanes) is 3. The molecule has 0 aliphatic rings. The molecule has 134 valence electrons. The first kappa shape index (κ1) is 20.6. The molecule has 0 radical (unpaired) electrons. The van der Waals surface area contributed by atoms with Crippen molar-refractivity contribution in [3.05, 3.63) is 29.8 Å². The molecule has 1 aromatic rings. The molecule has 0 aromatic heterocycles. The van der Waals surface area contributed by atoms with Gasteiger partial charge in [0, 0.05) is 0 Å². The van der Waals surface area contributed by atoms with E-state index in [1.807, 2.05) is 0 Å². The highest BCUT2D eigenvalue weighted by atomic mass is 32.3. The Balaban J connectivity index is 3.17. The summed E-state index contributed by atoms with van der Waals surface area (Å²) in [4.78, 5) is 1.65. The van der Waals surface area contributed by atoms with Crippen LogP contribution < -0.4 is 0 Å². The lowest BCUT2D eigenvalue weighted by Crippen LogP contribution is -2.25. The van der Waals surface area contributed by atoms with Crippen LogP contribution >= 0.6 is 10.0 Å². The Morgan fingerprint density at radius 3 is 2.13 bits per heavy atom. The average molecular weight is 337 g/mol. The zero-order chi connectivity index (χ0) is 17.5. The van der Waals surface area contributed by atoms with Gasteiger partial charge in [0.1, 0.15) is 0 Å². The largest absolute Gasteiger partial charge is 0.218 e. The van der Waals surface area contributed by atoms with Crippen LogP contribution in [0.1, 0.15) is 85.1 Å². The van der Waals surface area contributed by atoms with Crippen molar-refractivity contribution in [1.29, 1.82) is 0 Å². The van der Waals surface area contributed by atoms with Gasteiger partial charge in [0.15, 0.2) is 0 Å². The molecule has 1 unspecified atom stereocenters. The molecule has 0 aliphatic carbocycles. The topological polar surface area (TPSA) is 0 Å². The van der Waals surface area contributed by atoms with Crippen molar-refractivity contribution in [3.63, 3.8) is 0 Å². The van der Waals surface area contributed by atoms with Crippen LogP contribution in [0, 0.1) is 0 Å². The summed E-state index contributed by atoms with van der Waals surface area (Å²) < 4.78 is 0. The maximum Gasteiger partial charge on any atom is -0.00639 e. The van der Waals surface area contributed by atoms with Crippen LogP contribution in [0.2, 0.25) is 0 Å². The maximum atomic E-state index is 2.52. The van der Waals surface area contributed by atoms with E-state index in [4.69, 9.17) is 0 Å².